The van der Waals surface area contributed by atoms with Crippen LogP contribution >= 0.6 is 0 Å². The van der Waals surface area contributed by atoms with E-state index < -0.39 is 11.6 Å². The lowest BCUT2D eigenvalue weighted by Crippen LogP contribution is -2.56. The highest BCUT2D eigenvalue weighted by atomic mass is 16.2. The smallest absolute Gasteiger partial charge is 0.322 e. The molecule has 2 atom stereocenters. The number of likely N-dealkylation sites (tertiary alicyclic amines) is 1. The fourth-order valence-corrected chi connectivity index (χ4v) is 3.81. The minimum absolute atomic E-state index is 0.0508. The van der Waals surface area contributed by atoms with Crippen molar-refractivity contribution in [1.29, 1.82) is 0 Å². The van der Waals surface area contributed by atoms with Crippen LogP contribution in [0.15, 0.2) is 0 Å². The normalized spacial score (nSPS) is 27.3. The molecule has 2 fully saturated rings. The van der Waals surface area contributed by atoms with Crippen LogP contribution in [0.4, 0.5) is 4.79 Å². The zero-order valence-corrected chi connectivity index (χ0v) is 14.7. The molecule has 0 aromatic heterocycles. The molecule has 0 aliphatic carbocycles. The zero-order chi connectivity index (χ0) is 17.4. The minimum Gasteiger partial charge on any atom is -0.341 e. The van der Waals surface area contributed by atoms with Gasteiger partial charge in [0.15, 0.2) is 0 Å². The van der Waals surface area contributed by atoms with E-state index in [1.54, 1.807) is 6.92 Å². The van der Waals surface area contributed by atoms with E-state index in [0.717, 1.165) is 0 Å². The van der Waals surface area contributed by atoms with Crippen LogP contribution in [0.3, 0.4) is 0 Å². The van der Waals surface area contributed by atoms with Gasteiger partial charge in [0.05, 0.1) is 6.04 Å². The van der Waals surface area contributed by atoms with Crippen LogP contribution in [0.1, 0.15) is 33.6 Å². The quantitative estimate of drug-likeness (QED) is 0.734. The van der Waals surface area contributed by atoms with Crippen LogP contribution in [-0.4, -0.2) is 66.4 Å². The van der Waals surface area contributed by atoms with Crippen LogP contribution in [0, 0.1) is 11.8 Å². The van der Waals surface area contributed by atoms with E-state index in [1.165, 1.54) is 0 Å². The number of likely N-dealkylation sites (N-methyl/N-ethyl adjacent to an activating group) is 1. The van der Waals surface area contributed by atoms with Crippen molar-refractivity contribution in [2.75, 3.05) is 27.2 Å². The Hall–Kier alpha value is -1.63. The molecular formula is C16H28N4O3. The van der Waals surface area contributed by atoms with Crippen molar-refractivity contribution in [1.82, 2.24) is 20.4 Å². The summed E-state index contributed by atoms with van der Waals surface area (Å²) in [6.07, 6.45) is 1.43. The third-order valence-corrected chi connectivity index (χ3v) is 5.14. The van der Waals surface area contributed by atoms with Gasteiger partial charge < -0.3 is 10.2 Å². The number of piperidine rings is 1. The summed E-state index contributed by atoms with van der Waals surface area (Å²) in [6, 6.07) is -0.555. The van der Waals surface area contributed by atoms with Crippen molar-refractivity contribution < 1.29 is 14.4 Å². The van der Waals surface area contributed by atoms with Crippen molar-refractivity contribution in [3.05, 3.63) is 0 Å². The molecule has 2 heterocycles. The summed E-state index contributed by atoms with van der Waals surface area (Å²) >= 11 is 0. The van der Waals surface area contributed by atoms with Gasteiger partial charge in [-0.15, -0.1) is 0 Å². The van der Waals surface area contributed by atoms with Gasteiger partial charge in [-0.2, -0.15) is 0 Å². The highest BCUT2D eigenvalue weighted by Crippen LogP contribution is 2.31. The monoisotopic (exact) mass is 324 g/mol. The Balaban J connectivity index is 2.00. The van der Waals surface area contributed by atoms with E-state index >= 15 is 0 Å². The lowest BCUT2D eigenvalue weighted by Gasteiger charge is -2.41. The molecule has 130 valence electrons. The van der Waals surface area contributed by atoms with Gasteiger partial charge in [0.1, 0.15) is 5.54 Å². The first-order valence-corrected chi connectivity index (χ1v) is 8.25. The number of carbonyl (C=O) groups is 3. The molecule has 23 heavy (non-hydrogen) atoms. The van der Waals surface area contributed by atoms with E-state index in [9.17, 15) is 14.4 Å². The third-order valence-electron chi connectivity index (χ3n) is 5.14. The zero-order valence-electron chi connectivity index (χ0n) is 14.7. The van der Waals surface area contributed by atoms with E-state index in [2.05, 4.69) is 24.5 Å². The van der Waals surface area contributed by atoms with Gasteiger partial charge in [-0.25, -0.2) is 4.79 Å². The van der Waals surface area contributed by atoms with Crippen LogP contribution < -0.4 is 10.6 Å². The number of carbonyl (C=O) groups excluding carboxylic acids is 3. The van der Waals surface area contributed by atoms with Crippen LogP contribution in [0.2, 0.25) is 0 Å². The van der Waals surface area contributed by atoms with E-state index in [-0.39, 0.29) is 29.7 Å². The van der Waals surface area contributed by atoms with Gasteiger partial charge >= 0.3 is 6.03 Å². The maximum Gasteiger partial charge on any atom is 0.322 e. The maximum absolute atomic E-state index is 12.7. The van der Waals surface area contributed by atoms with Gasteiger partial charge in [0.25, 0.3) is 5.91 Å². The summed E-state index contributed by atoms with van der Waals surface area (Å²) in [5.74, 6) is 0.177. The Kier molecular flexibility index (Phi) is 4.98. The largest absolute Gasteiger partial charge is 0.341 e. The molecule has 2 aliphatic rings. The van der Waals surface area contributed by atoms with Gasteiger partial charge in [0.2, 0.25) is 5.91 Å². The number of nitrogens with zero attached hydrogens (tertiary/aromatic N) is 2. The molecule has 0 bridgehead atoms. The highest BCUT2D eigenvalue weighted by Gasteiger charge is 2.49. The minimum atomic E-state index is -0.856. The van der Waals surface area contributed by atoms with Crippen LogP contribution in [0.25, 0.3) is 0 Å². The molecule has 0 spiro atoms. The first-order chi connectivity index (χ1) is 10.7. The second-order valence-corrected chi connectivity index (χ2v) is 7.36. The van der Waals surface area contributed by atoms with Crippen molar-refractivity contribution in [3.63, 3.8) is 0 Å². The summed E-state index contributed by atoms with van der Waals surface area (Å²) in [6.45, 7) is 7.12. The van der Waals surface area contributed by atoms with Gasteiger partial charge in [-0.05, 0) is 45.7 Å². The predicted molar refractivity (Wildman–Crippen MR) is 86.7 cm³/mol. The molecule has 1 unspecified atom stereocenters. The summed E-state index contributed by atoms with van der Waals surface area (Å²) in [5.41, 5.74) is -0.856. The number of nitrogens with one attached hydrogen (secondary N) is 2. The second kappa shape index (κ2) is 6.47. The number of rotatable bonds is 4. The van der Waals surface area contributed by atoms with E-state index in [1.807, 2.05) is 23.9 Å². The summed E-state index contributed by atoms with van der Waals surface area (Å²) in [7, 11) is 3.85. The third kappa shape index (κ3) is 3.34. The molecule has 2 saturated heterocycles. The number of hydrogen-bond acceptors (Lipinski definition) is 4. The molecule has 2 aliphatic heterocycles. The Morgan fingerprint density at radius 3 is 2.22 bits per heavy atom. The van der Waals surface area contributed by atoms with Crippen LogP contribution in [0.5, 0.6) is 0 Å². The van der Waals surface area contributed by atoms with Crippen molar-refractivity contribution >= 4 is 17.8 Å². The predicted octanol–water partition coefficient (Wildman–Crippen LogP) is 0.409. The summed E-state index contributed by atoms with van der Waals surface area (Å²) < 4.78 is 0. The number of hydrogen-bond donors (Lipinski definition) is 2. The number of amides is 4. The average molecular weight is 324 g/mol. The lowest BCUT2D eigenvalue weighted by atomic mass is 9.79. The molecule has 7 nitrogen and oxygen atoms in total. The summed E-state index contributed by atoms with van der Waals surface area (Å²) in [4.78, 5) is 40.0. The fraction of sp³-hybridized carbons (Fsp3) is 0.812. The second-order valence-electron chi connectivity index (χ2n) is 7.36. The Morgan fingerprint density at radius 1 is 1.26 bits per heavy atom. The van der Waals surface area contributed by atoms with Gasteiger partial charge in [-0.3, -0.25) is 19.8 Å². The van der Waals surface area contributed by atoms with Gasteiger partial charge in [-0.1, -0.05) is 13.8 Å². The molecule has 0 saturated carbocycles. The number of urea groups is 1. The molecule has 2 rings (SSSR count). The maximum atomic E-state index is 12.7. The molecule has 2 N–H and O–H groups in total. The van der Waals surface area contributed by atoms with Crippen molar-refractivity contribution in [3.8, 4) is 0 Å². The fourth-order valence-electron chi connectivity index (χ4n) is 3.81. The topological polar surface area (TPSA) is 81.8 Å². The van der Waals surface area contributed by atoms with Gasteiger partial charge in [0, 0.05) is 13.1 Å². The first-order valence-electron chi connectivity index (χ1n) is 8.25. The SMILES string of the molecule is CC(C)[C@@H](C(=O)N1CCC(C2(C)NC(=O)NC2=O)CC1)N(C)C. The van der Waals surface area contributed by atoms with E-state index in [4.69, 9.17) is 0 Å². The first kappa shape index (κ1) is 17.7. The lowest BCUT2D eigenvalue weighted by molar-refractivity contribution is -0.139. The molecule has 0 aromatic carbocycles. The number of imide groups is 1. The Labute approximate surface area is 137 Å². The molecule has 7 heteroatoms. The van der Waals surface area contributed by atoms with Crippen molar-refractivity contribution in [2.45, 2.75) is 45.2 Å². The van der Waals surface area contributed by atoms with Crippen LogP contribution in [-0.2, 0) is 9.59 Å². The molecule has 0 radical (unpaired) electrons. The molecule has 4 amide bonds. The highest BCUT2D eigenvalue weighted by molar-refractivity contribution is 6.07. The molecular weight excluding hydrogens is 296 g/mol. The Morgan fingerprint density at radius 2 is 1.83 bits per heavy atom. The summed E-state index contributed by atoms with van der Waals surface area (Å²) in [5, 5.41) is 5.05. The molecule has 0 aromatic rings. The standard InChI is InChI=1S/C16H28N4O3/c1-10(2)12(19(4)5)13(21)20-8-6-11(7-9-20)16(3)14(22)17-15(23)18-16/h10-12H,6-9H2,1-5H3,(H2,17,18,22,23)/t12-,16?/m0/s1. The average Bonchev–Trinajstić information content (AvgIpc) is 2.72. The van der Waals surface area contributed by atoms with Crippen molar-refractivity contribution in [2.24, 2.45) is 11.8 Å². The van der Waals surface area contributed by atoms with E-state index in [0.29, 0.717) is 25.9 Å². The Bertz CT molecular complexity index is 490.